The van der Waals surface area contributed by atoms with E-state index in [1.165, 1.54) is 0 Å². The summed E-state index contributed by atoms with van der Waals surface area (Å²) < 4.78 is 5.14. The van der Waals surface area contributed by atoms with Crippen molar-refractivity contribution in [2.24, 2.45) is 0 Å². The average molecular weight is 318 g/mol. The average Bonchev–Trinajstić information content (AvgIpc) is 2.64. The minimum atomic E-state index is -0.224. The van der Waals surface area contributed by atoms with Crippen molar-refractivity contribution in [3.63, 3.8) is 0 Å². The van der Waals surface area contributed by atoms with Crippen LogP contribution in [0.5, 0.6) is 5.75 Å². The number of para-hydroxylation sites is 2. The number of anilines is 3. The zero-order valence-corrected chi connectivity index (χ0v) is 13.3. The summed E-state index contributed by atoms with van der Waals surface area (Å²) in [6.45, 7) is 0. The second kappa shape index (κ2) is 7.33. The van der Waals surface area contributed by atoms with Crippen LogP contribution in [0.25, 0.3) is 0 Å². The van der Waals surface area contributed by atoms with Gasteiger partial charge in [-0.15, -0.1) is 0 Å². The zero-order valence-electron chi connectivity index (χ0n) is 13.3. The maximum Gasteiger partial charge on any atom is 0.330 e. The smallest absolute Gasteiger partial charge is 0.330 e. The van der Waals surface area contributed by atoms with E-state index < -0.39 is 0 Å². The highest BCUT2D eigenvalue weighted by molar-refractivity contribution is 6.07. The summed E-state index contributed by atoms with van der Waals surface area (Å²) in [6, 6.07) is 26.1. The van der Waals surface area contributed by atoms with Gasteiger partial charge in [-0.05, 0) is 48.5 Å². The molecule has 0 fully saturated rings. The molecule has 3 aromatic rings. The van der Waals surface area contributed by atoms with Crippen LogP contribution in [0.15, 0.2) is 84.9 Å². The van der Waals surface area contributed by atoms with Gasteiger partial charge < -0.3 is 10.1 Å². The Hall–Kier alpha value is -3.27. The minimum Gasteiger partial charge on any atom is -0.497 e. The number of carbonyl (C=O) groups is 1. The molecule has 24 heavy (non-hydrogen) atoms. The molecule has 0 unspecified atom stereocenters. The van der Waals surface area contributed by atoms with Crippen molar-refractivity contribution in [2.75, 3.05) is 17.3 Å². The molecule has 0 saturated heterocycles. The largest absolute Gasteiger partial charge is 0.497 e. The highest BCUT2D eigenvalue weighted by Gasteiger charge is 2.17. The number of benzene rings is 3. The Morgan fingerprint density at radius 2 is 1.29 bits per heavy atom. The van der Waals surface area contributed by atoms with Gasteiger partial charge in [0.2, 0.25) is 0 Å². The number of methoxy groups -OCH3 is 1. The molecule has 0 aliphatic heterocycles. The monoisotopic (exact) mass is 318 g/mol. The van der Waals surface area contributed by atoms with E-state index in [1.807, 2.05) is 84.9 Å². The molecule has 1 N–H and O–H groups in total. The third-order valence-electron chi connectivity index (χ3n) is 3.57. The summed E-state index contributed by atoms with van der Waals surface area (Å²) >= 11 is 0. The maximum absolute atomic E-state index is 12.9. The number of rotatable bonds is 4. The Labute approximate surface area is 141 Å². The molecule has 2 amide bonds. The standard InChI is InChI=1S/C20H18N2O2/c1-24-19-14-12-16(13-15-19)21-20(23)22(17-8-4-2-5-9-17)18-10-6-3-7-11-18/h2-15H,1H3,(H,21,23). The van der Waals surface area contributed by atoms with Gasteiger partial charge in [-0.3, -0.25) is 4.90 Å². The Kier molecular flexibility index (Phi) is 4.77. The van der Waals surface area contributed by atoms with E-state index in [4.69, 9.17) is 4.74 Å². The van der Waals surface area contributed by atoms with Gasteiger partial charge >= 0.3 is 6.03 Å². The summed E-state index contributed by atoms with van der Waals surface area (Å²) in [6.07, 6.45) is 0. The molecule has 0 aliphatic rings. The molecule has 3 aromatic carbocycles. The highest BCUT2D eigenvalue weighted by atomic mass is 16.5. The van der Waals surface area contributed by atoms with E-state index in [0.717, 1.165) is 17.1 Å². The van der Waals surface area contributed by atoms with Crippen LogP contribution >= 0.6 is 0 Å². The number of amides is 2. The number of hydrogen-bond acceptors (Lipinski definition) is 2. The fourth-order valence-electron chi connectivity index (χ4n) is 2.39. The van der Waals surface area contributed by atoms with Crippen LogP contribution in [0, 0.1) is 0 Å². The van der Waals surface area contributed by atoms with E-state index in [2.05, 4.69) is 5.32 Å². The molecule has 0 aromatic heterocycles. The predicted molar refractivity (Wildman–Crippen MR) is 97.0 cm³/mol. The zero-order chi connectivity index (χ0) is 16.8. The predicted octanol–water partition coefficient (Wildman–Crippen LogP) is 5.07. The van der Waals surface area contributed by atoms with Crippen LogP contribution in [-0.2, 0) is 0 Å². The molecule has 120 valence electrons. The molecular formula is C20H18N2O2. The number of ether oxygens (including phenoxy) is 1. The van der Waals surface area contributed by atoms with Gasteiger partial charge in [0, 0.05) is 5.69 Å². The van der Waals surface area contributed by atoms with Gasteiger partial charge in [0.1, 0.15) is 5.75 Å². The molecule has 0 aliphatic carbocycles. The van der Waals surface area contributed by atoms with Crippen LogP contribution in [0.4, 0.5) is 21.9 Å². The molecule has 0 atom stereocenters. The number of urea groups is 1. The van der Waals surface area contributed by atoms with E-state index in [0.29, 0.717) is 5.69 Å². The Bertz CT molecular complexity index is 747. The van der Waals surface area contributed by atoms with Crippen LogP contribution in [-0.4, -0.2) is 13.1 Å². The van der Waals surface area contributed by atoms with E-state index >= 15 is 0 Å². The second-order valence-corrected chi connectivity index (χ2v) is 5.17. The second-order valence-electron chi connectivity index (χ2n) is 5.17. The van der Waals surface area contributed by atoms with Crippen molar-refractivity contribution in [1.29, 1.82) is 0 Å². The molecule has 4 heteroatoms. The van der Waals surface area contributed by atoms with Gasteiger partial charge in [0.15, 0.2) is 0 Å². The molecule has 0 radical (unpaired) electrons. The van der Waals surface area contributed by atoms with E-state index in [-0.39, 0.29) is 6.03 Å². The van der Waals surface area contributed by atoms with Crippen molar-refractivity contribution in [3.05, 3.63) is 84.9 Å². The molecule has 0 spiro atoms. The first-order valence-electron chi connectivity index (χ1n) is 7.63. The fourth-order valence-corrected chi connectivity index (χ4v) is 2.39. The third-order valence-corrected chi connectivity index (χ3v) is 3.57. The summed E-state index contributed by atoms with van der Waals surface area (Å²) in [5.41, 5.74) is 2.31. The lowest BCUT2D eigenvalue weighted by Gasteiger charge is -2.23. The van der Waals surface area contributed by atoms with Crippen molar-refractivity contribution in [1.82, 2.24) is 0 Å². The first-order chi connectivity index (χ1) is 11.8. The SMILES string of the molecule is COc1ccc(NC(=O)N(c2ccccc2)c2ccccc2)cc1. The maximum atomic E-state index is 12.9. The van der Waals surface area contributed by atoms with Gasteiger partial charge in [-0.1, -0.05) is 36.4 Å². The van der Waals surface area contributed by atoms with Crippen LogP contribution in [0.1, 0.15) is 0 Å². The van der Waals surface area contributed by atoms with Gasteiger partial charge in [-0.25, -0.2) is 4.79 Å². The van der Waals surface area contributed by atoms with Crippen molar-refractivity contribution >= 4 is 23.1 Å². The quantitative estimate of drug-likeness (QED) is 0.730. The first-order valence-corrected chi connectivity index (χ1v) is 7.63. The van der Waals surface area contributed by atoms with E-state index in [9.17, 15) is 4.79 Å². The number of nitrogens with zero attached hydrogens (tertiary/aromatic N) is 1. The van der Waals surface area contributed by atoms with Crippen molar-refractivity contribution < 1.29 is 9.53 Å². The first kappa shape index (κ1) is 15.6. The fraction of sp³-hybridized carbons (Fsp3) is 0.0500. The summed E-state index contributed by atoms with van der Waals surface area (Å²) in [7, 11) is 1.61. The molecule has 0 saturated carbocycles. The van der Waals surface area contributed by atoms with Gasteiger partial charge in [0.05, 0.1) is 18.5 Å². The Morgan fingerprint density at radius 3 is 1.75 bits per heavy atom. The molecule has 0 heterocycles. The molecule has 0 bridgehead atoms. The molecular weight excluding hydrogens is 300 g/mol. The minimum absolute atomic E-state index is 0.224. The van der Waals surface area contributed by atoms with Crippen molar-refractivity contribution in [3.8, 4) is 5.75 Å². The Balaban J connectivity index is 1.89. The third kappa shape index (κ3) is 3.55. The normalized spacial score (nSPS) is 10.0. The molecule has 3 rings (SSSR count). The van der Waals surface area contributed by atoms with Crippen molar-refractivity contribution in [2.45, 2.75) is 0 Å². The number of carbonyl (C=O) groups excluding carboxylic acids is 1. The van der Waals surface area contributed by atoms with Crippen LogP contribution < -0.4 is 15.0 Å². The lowest BCUT2D eigenvalue weighted by atomic mass is 10.2. The van der Waals surface area contributed by atoms with Gasteiger partial charge in [-0.2, -0.15) is 0 Å². The summed E-state index contributed by atoms with van der Waals surface area (Å²) in [5, 5.41) is 2.92. The number of hydrogen-bond donors (Lipinski definition) is 1. The van der Waals surface area contributed by atoms with E-state index in [1.54, 1.807) is 12.0 Å². The summed E-state index contributed by atoms with van der Waals surface area (Å²) in [4.78, 5) is 14.5. The molecule has 4 nitrogen and oxygen atoms in total. The number of nitrogens with one attached hydrogen (secondary N) is 1. The highest BCUT2D eigenvalue weighted by Crippen LogP contribution is 2.26. The lowest BCUT2D eigenvalue weighted by Crippen LogP contribution is -2.30. The van der Waals surface area contributed by atoms with Gasteiger partial charge in [0.25, 0.3) is 0 Å². The van der Waals surface area contributed by atoms with Crippen LogP contribution in [0.2, 0.25) is 0 Å². The summed E-state index contributed by atoms with van der Waals surface area (Å²) in [5.74, 6) is 0.746. The van der Waals surface area contributed by atoms with Crippen LogP contribution in [0.3, 0.4) is 0 Å². The topological polar surface area (TPSA) is 41.6 Å². The lowest BCUT2D eigenvalue weighted by molar-refractivity contribution is 0.259. The Morgan fingerprint density at radius 1 is 0.792 bits per heavy atom.